The summed E-state index contributed by atoms with van der Waals surface area (Å²) in [6.07, 6.45) is 6.89. The van der Waals surface area contributed by atoms with E-state index < -0.39 is 12.0 Å². The van der Waals surface area contributed by atoms with E-state index in [0.29, 0.717) is 35.8 Å². The maximum atomic E-state index is 12.6. The summed E-state index contributed by atoms with van der Waals surface area (Å²) in [5, 5.41) is 5.61. The van der Waals surface area contributed by atoms with E-state index in [4.69, 9.17) is 14.2 Å². The van der Waals surface area contributed by atoms with Gasteiger partial charge in [0, 0.05) is 5.70 Å². The predicted molar refractivity (Wildman–Crippen MR) is 116 cm³/mol. The first-order valence-electron chi connectivity index (χ1n) is 10.7. The minimum atomic E-state index is -0.620. The molecule has 2 N–H and O–H groups in total. The molecule has 7 heteroatoms. The molecule has 0 radical (unpaired) electrons. The number of rotatable bonds is 12. The molecule has 7 nitrogen and oxygen atoms in total. The van der Waals surface area contributed by atoms with Crippen molar-refractivity contribution in [3.63, 3.8) is 0 Å². The van der Waals surface area contributed by atoms with Gasteiger partial charge in [-0.05, 0) is 37.0 Å². The Morgan fingerprint density at radius 1 is 1.03 bits per heavy atom. The van der Waals surface area contributed by atoms with Gasteiger partial charge in [0.2, 0.25) is 0 Å². The first-order chi connectivity index (χ1) is 14.5. The van der Waals surface area contributed by atoms with Crippen molar-refractivity contribution in [1.29, 1.82) is 0 Å². The average molecular weight is 419 g/mol. The standard InChI is InChI=1S/C23H34N2O5/c1-5-7-9-10-14-30-18-13-12-16(15-19(18)28-3)21-20(22(26)29-4)17(11-8-6-2)24-23(27)25-21/h12-13,15,21H,5-11,14H2,1-4H3,(H2,24,25,27). The summed E-state index contributed by atoms with van der Waals surface area (Å²) in [4.78, 5) is 24.8. The minimum absolute atomic E-state index is 0.339. The van der Waals surface area contributed by atoms with Crippen LogP contribution >= 0.6 is 0 Å². The van der Waals surface area contributed by atoms with Gasteiger partial charge in [0.1, 0.15) is 0 Å². The van der Waals surface area contributed by atoms with Gasteiger partial charge >= 0.3 is 12.0 Å². The Hall–Kier alpha value is -2.70. The van der Waals surface area contributed by atoms with E-state index in [9.17, 15) is 9.59 Å². The lowest BCUT2D eigenvalue weighted by atomic mass is 9.93. The molecule has 1 unspecified atom stereocenters. The zero-order valence-corrected chi connectivity index (χ0v) is 18.5. The number of carbonyl (C=O) groups excluding carboxylic acids is 2. The fourth-order valence-electron chi connectivity index (χ4n) is 3.46. The van der Waals surface area contributed by atoms with E-state index in [1.165, 1.54) is 20.0 Å². The second-order valence-corrected chi connectivity index (χ2v) is 7.34. The Bertz CT molecular complexity index is 760. The number of hydrogen-bond donors (Lipinski definition) is 2. The van der Waals surface area contributed by atoms with Crippen molar-refractivity contribution < 1.29 is 23.8 Å². The summed E-state index contributed by atoms with van der Waals surface area (Å²) in [5.74, 6) is 0.747. The van der Waals surface area contributed by atoms with Crippen molar-refractivity contribution in [3.8, 4) is 11.5 Å². The van der Waals surface area contributed by atoms with Crippen LogP contribution in [0.5, 0.6) is 11.5 Å². The number of ether oxygens (including phenoxy) is 3. The van der Waals surface area contributed by atoms with Gasteiger partial charge in [0.05, 0.1) is 32.4 Å². The highest BCUT2D eigenvalue weighted by molar-refractivity contribution is 5.95. The highest BCUT2D eigenvalue weighted by atomic mass is 16.5. The van der Waals surface area contributed by atoms with Gasteiger partial charge in [0.25, 0.3) is 0 Å². The van der Waals surface area contributed by atoms with Crippen LogP contribution in [0.2, 0.25) is 0 Å². The molecule has 0 aromatic heterocycles. The van der Waals surface area contributed by atoms with Crippen molar-refractivity contribution >= 4 is 12.0 Å². The number of carbonyl (C=O) groups is 2. The number of amides is 2. The van der Waals surface area contributed by atoms with Crippen molar-refractivity contribution in [2.24, 2.45) is 0 Å². The van der Waals surface area contributed by atoms with Gasteiger partial charge < -0.3 is 24.8 Å². The second-order valence-electron chi connectivity index (χ2n) is 7.34. The third kappa shape index (κ3) is 6.15. The Labute approximate surface area is 179 Å². The maximum absolute atomic E-state index is 12.6. The lowest BCUT2D eigenvalue weighted by Crippen LogP contribution is -2.45. The molecule has 0 aliphatic carbocycles. The fourth-order valence-corrected chi connectivity index (χ4v) is 3.46. The smallest absolute Gasteiger partial charge is 0.337 e. The SMILES string of the molecule is CCCCCCOc1ccc(C2NC(=O)NC(CCCC)=C2C(=O)OC)cc1OC. The average Bonchev–Trinajstić information content (AvgIpc) is 2.76. The van der Waals surface area contributed by atoms with E-state index in [1.54, 1.807) is 13.2 Å². The Kier molecular flexibility index (Phi) is 9.51. The molecule has 0 saturated heterocycles. The molecule has 1 aliphatic heterocycles. The van der Waals surface area contributed by atoms with Gasteiger partial charge in [0.15, 0.2) is 11.5 Å². The van der Waals surface area contributed by atoms with Crippen LogP contribution < -0.4 is 20.1 Å². The van der Waals surface area contributed by atoms with Gasteiger partial charge in [-0.3, -0.25) is 0 Å². The summed E-state index contributed by atoms with van der Waals surface area (Å²) < 4.78 is 16.4. The van der Waals surface area contributed by atoms with Crippen LogP contribution in [0.25, 0.3) is 0 Å². The van der Waals surface area contributed by atoms with Gasteiger partial charge in [-0.2, -0.15) is 0 Å². The largest absolute Gasteiger partial charge is 0.493 e. The Balaban J connectivity index is 2.30. The monoisotopic (exact) mass is 418 g/mol. The number of hydrogen-bond acceptors (Lipinski definition) is 5. The Morgan fingerprint density at radius 3 is 2.47 bits per heavy atom. The summed E-state index contributed by atoms with van der Waals surface area (Å²) in [6.45, 7) is 4.85. The van der Waals surface area contributed by atoms with Crippen molar-refractivity contribution in [2.75, 3.05) is 20.8 Å². The van der Waals surface area contributed by atoms with Crippen molar-refractivity contribution in [1.82, 2.24) is 10.6 Å². The van der Waals surface area contributed by atoms with Gasteiger partial charge in [-0.1, -0.05) is 45.6 Å². The molecule has 1 atom stereocenters. The number of unbranched alkanes of at least 4 members (excludes halogenated alkanes) is 4. The first kappa shape index (κ1) is 23.6. The molecule has 2 amide bonds. The molecule has 30 heavy (non-hydrogen) atoms. The van der Waals surface area contributed by atoms with Crippen LogP contribution in [0.4, 0.5) is 4.79 Å². The molecular weight excluding hydrogens is 384 g/mol. The number of nitrogens with one attached hydrogen (secondary N) is 2. The quantitative estimate of drug-likeness (QED) is 0.382. The van der Waals surface area contributed by atoms with E-state index in [2.05, 4.69) is 24.5 Å². The number of methoxy groups -OCH3 is 2. The molecular formula is C23H34N2O5. The normalized spacial score (nSPS) is 16.0. The van der Waals surface area contributed by atoms with E-state index in [1.807, 2.05) is 12.1 Å². The second kappa shape index (κ2) is 12.1. The molecule has 1 aromatic carbocycles. The van der Waals surface area contributed by atoms with E-state index in [-0.39, 0.29) is 6.03 Å². The van der Waals surface area contributed by atoms with Crippen LogP contribution in [0.3, 0.4) is 0 Å². The van der Waals surface area contributed by atoms with Crippen molar-refractivity contribution in [2.45, 2.75) is 64.8 Å². The summed E-state index contributed by atoms with van der Waals surface area (Å²) >= 11 is 0. The van der Waals surface area contributed by atoms with Gasteiger partial charge in [-0.25, -0.2) is 9.59 Å². The van der Waals surface area contributed by atoms with Crippen LogP contribution in [0.1, 0.15) is 70.4 Å². The highest BCUT2D eigenvalue weighted by Crippen LogP contribution is 2.35. The maximum Gasteiger partial charge on any atom is 0.337 e. The molecule has 1 aromatic rings. The number of urea groups is 1. The third-order valence-electron chi connectivity index (χ3n) is 5.12. The van der Waals surface area contributed by atoms with Crippen LogP contribution in [0.15, 0.2) is 29.5 Å². The molecule has 0 spiro atoms. The zero-order valence-electron chi connectivity index (χ0n) is 18.5. The van der Waals surface area contributed by atoms with E-state index >= 15 is 0 Å². The van der Waals surface area contributed by atoms with Crippen LogP contribution in [0, 0.1) is 0 Å². The fraction of sp³-hybridized carbons (Fsp3) is 0.565. The van der Waals surface area contributed by atoms with Crippen LogP contribution in [-0.4, -0.2) is 32.8 Å². The molecule has 166 valence electrons. The summed E-state index contributed by atoms with van der Waals surface area (Å²) in [7, 11) is 2.92. The lowest BCUT2D eigenvalue weighted by Gasteiger charge is -2.29. The molecule has 0 bridgehead atoms. The van der Waals surface area contributed by atoms with Crippen LogP contribution in [-0.2, 0) is 9.53 Å². The number of esters is 1. The zero-order chi connectivity index (χ0) is 21.9. The molecule has 0 saturated carbocycles. The Morgan fingerprint density at radius 2 is 1.80 bits per heavy atom. The molecule has 0 fully saturated rings. The summed E-state index contributed by atoms with van der Waals surface area (Å²) in [6, 6.07) is 4.51. The minimum Gasteiger partial charge on any atom is -0.493 e. The first-order valence-corrected chi connectivity index (χ1v) is 10.7. The number of allylic oxidation sites excluding steroid dienone is 1. The summed E-state index contributed by atoms with van der Waals surface area (Å²) in [5.41, 5.74) is 1.75. The molecule has 1 heterocycles. The highest BCUT2D eigenvalue weighted by Gasteiger charge is 2.33. The lowest BCUT2D eigenvalue weighted by molar-refractivity contribution is -0.136. The van der Waals surface area contributed by atoms with Crippen molar-refractivity contribution in [3.05, 3.63) is 35.0 Å². The topological polar surface area (TPSA) is 85.9 Å². The molecule has 1 aliphatic rings. The predicted octanol–water partition coefficient (Wildman–Crippen LogP) is 4.63. The number of benzene rings is 1. The van der Waals surface area contributed by atoms with E-state index in [0.717, 1.165) is 31.2 Å². The van der Waals surface area contributed by atoms with Gasteiger partial charge in [-0.15, -0.1) is 0 Å². The molecule has 2 rings (SSSR count). The third-order valence-corrected chi connectivity index (χ3v) is 5.12.